The number of hydrogen-bond acceptors (Lipinski definition) is 4. The molecule has 1 heterocycles. The predicted octanol–water partition coefficient (Wildman–Crippen LogP) is 4.12. The molecule has 5 nitrogen and oxygen atoms in total. The summed E-state index contributed by atoms with van der Waals surface area (Å²) in [5.74, 6) is 1.55. The number of pyridine rings is 1. The van der Waals surface area contributed by atoms with Crippen molar-refractivity contribution in [3.63, 3.8) is 0 Å². The molecule has 0 spiro atoms. The van der Waals surface area contributed by atoms with Crippen molar-refractivity contribution in [3.8, 4) is 5.75 Å². The van der Waals surface area contributed by atoms with E-state index >= 15 is 0 Å². The SMILES string of the molecule is CCC(CC)C(=O)Nc1ccc(NCCc2ccc(OC)cc2)cn1. The van der Waals surface area contributed by atoms with Crippen LogP contribution in [0.4, 0.5) is 11.5 Å². The summed E-state index contributed by atoms with van der Waals surface area (Å²) < 4.78 is 5.16. The van der Waals surface area contributed by atoms with Crippen LogP contribution in [0.2, 0.25) is 0 Å². The monoisotopic (exact) mass is 341 g/mol. The van der Waals surface area contributed by atoms with Gasteiger partial charge in [0, 0.05) is 12.5 Å². The predicted molar refractivity (Wildman–Crippen MR) is 102 cm³/mol. The number of aromatic nitrogens is 1. The van der Waals surface area contributed by atoms with Crippen molar-refractivity contribution in [2.75, 3.05) is 24.3 Å². The van der Waals surface area contributed by atoms with Crippen LogP contribution in [0.15, 0.2) is 42.6 Å². The number of hydrogen-bond donors (Lipinski definition) is 2. The molecule has 134 valence electrons. The minimum absolute atomic E-state index is 0.0396. The van der Waals surface area contributed by atoms with E-state index in [9.17, 15) is 4.79 Å². The van der Waals surface area contributed by atoms with E-state index in [1.807, 2.05) is 38.1 Å². The first-order valence-corrected chi connectivity index (χ1v) is 8.80. The van der Waals surface area contributed by atoms with Crippen LogP contribution in [0.25, 0.3) is 0 Å². The molecule has 0 atom stereocenters. The van der Waals surface area contributed by atoms with Gasteiger partial charge in [-0.05, 0) is 49.1 Å². The molecule has 1 amide bonds. The molecule has 1 aromatic heterocycles. The highest BCUT2D eigenvalue weighted by Gasteiger charge is 2.14. The summed E-state index contributed by atoms with van der Waals surface area (Å²) in [4.78, 5) is 16.4. The second-order valence-electron chi connectivity index (χ2n) is 5.96. The molecule has 0 aliphatic heterocycles. The van der Waals surface area contributed by atoms with Gasteiger partial charge >= 0.3 is 0 Å². The van der Waals surface area contributed by atoms with Gasteiger partial charge in [0.15, 0.2) is 0 Å². The smallest absolute Gasteiger partial charge is 0.228 e. The zero-order valence-corrected chi connectivity index (χ0v) is 15.2. The number of ether oxygens (including phenoxy) is 1. The third-order valence-corrected chi connectivity index (χ3v) is 4.27. The molecular weight excluding hydrogens is 314 g/mol. The molecular formula is C20H27N3O2. The Morgan fingerprint density at radius 3 is 2.40 bits per heavy atom. The number of benzene rings is 1. The fraction of sp³-hybridized carbons (Fsp3) is 0.400. The molecule has 1 aromatic carbocycles. The first-order chi connectivity index (χ1) is 12.2. The van der Waals surface area contributed by atoms with E-state index in [0.717, 1.165) is 37.2 Å². The Morgan fingerprint density at radius 2 is 1.84 bits per heavy atom. The highest BCUT2D eigenvalue weighted by Crippen LogP contribution is 2.15. The third-order valence-electron chi connectivity index (χ3n) is 4.27. The fourth-order valence-electron chi connectivity index (χ4n) is 2.60. The third kappa shape index (κ3) is 5.78. The van der Waals surface area contributed by atoms with Crippen molar-refractivity contribution < 1.29 is 9.53 Å². The number of methoxy groups -OCH3 is 1. The van der Waals surface area contributed by atoms with Crippen LogP contribution in [0.3, 0.4) is 0 Å². The Hall–Kier alpha value is -2.56. The maximum atomic E-state index is 12.1. The Labute approximate surface area is 149 Å². The van der Waals surface area contributed by atoms with Gasteiger partial charge in [0.2, 0.25) is 5.91 Å². The molecule has 0 saturated heterocycles. The Morgan fingerprint density at radius 1 is 1.12 bits per heavy atom. The number of carbonyl (C=O) groups excluding carboxylic acids is 1. The molecule has 2 rings (SSSR count). The Kier molecular flexibility index (Phi) is 7.26. The summed E-state index contributed by atoms with van der Waals surface area (Å²) in [6, 6.07) is 11.8. The second kappa shape index (κ2) is 9.67. The van der Waals surface area contributed by atoms with E-state index < -0.39 is 0 Å². The topological polar surface area (TPSA) is 63.2 Å². The number of nitrogens with zero attached hydrogens (tertiary/aromatic N) is 1. The van der Waals surface area contributed by atoms with Gasteiger partial charge in [0.1, 0.15) is 11.6 Å². The largest absolute Gasteiger partial charge is 0.497 e. The summed E-state index contributed by atoms with van der Waals surface area (Å²) in [7, 11) is 1.67. The van der Waals surface area contributed by atoms with Crippen molar-refractivity contribution in [3.05, 3.63) is 48.2 Å². The van der Waals surface area contributed by atoms with E-state index in [1.54, 1.807) is 13.3 Å². The molecule has 2 aromatic rings. The number of nitrogens with one attached hydrogen (secondary N) is 2. The lowest BCUT2D eigenvalue weighted by Gasteiger charge is -2.12. The van der Waals surface area contributed by atoms with Crippen LogP contribution in [-0.2, 0) is 11.2 Å². The molecule has 0 fully saturated rings. The van der Waals surface area contributed by atoms with E-state index in [4.69, 9.17) is 4.74 Å². The van der Waals surface area contributed by atoms with Gasteiger partial charge in [-0.15, -0.1) is 0 Å². The molecule has 0 radical (unpaired) electrons. The first-order valence-electron chi connectivity index (χ1n) is 8.80. The summed E-state index contributed by atoms with van der Waals surface area (Å²) in [5, 5.41) is 6.22. The Balaban J connectivity index is 1.80. The maximum absolute atomic E-state index is 12.1. The van der Waals surface area contributed by atoms with E-state index in [2.05, 4.69) is 27.8 Å². The quantitative estimate of drug-likeness (QED) is 0.720. The van der Waals surface area contributed by atoms with Crippen molar-refractivity contribution in [2.24, 2.45) is 5.92 Å². The van der Waals surface area contributed by atoms with Crippen molar-refractivity contribution >= 4 is 17.4 Å². The molecule has 0 aliphatic carbocycles. The molecule has 0 unspecified atom stereocenters. The molecule has 2 N–H and O–H groups in total. The summed E-state index contributed by atoms with van der Waals surface area (Å²) >= 11 is 0. The van der Waals surface area contributed by atoms with Crippen LogP contribution < -0.4 is 15.4 Å². The van der Waals surface area contributed by atoms with Gasteiger partial charge in [0.25, 0.3) is 0 Å². The minimum atomic E-state index is 0.0396. The lowest BCUT2D eigenvalue weighted by Crippen LogP contribution is -2.22. The lowest BCUT2D eigenvalue weighted by atomic mass is 10.0. The molecule has 5 heteroatoms. The van der Waals surface area contributed by atoms with E-state index in [1.165, 1.54) is 5.56 Å². The Bertz CT molecular complexity index is 650. The van der Waals surface area contributed by atoms with Gasteiger partial charge in [-0.1, -0.05) is 26.0 Å². The van der Waals surface area contributed by atoms with Gasteiger partial charge in [-0.25, -0.2) is 4.98 Å². The molecule has 0 aliphatic rings. The van der Waals surface area contributed by atoms with Crippen molar-refractivity contribution in [1.29, 1.82) is 0 Å². The van der Waals surface area contributed by atoms with Gasteiger partial charge < -0.3 is 15.4 Å². The highest BCUT2D eigenvalue weighted by atomic mass is 16.5. The lowest BCUT2D eigenvalue weighted by molar-refractivity contribution is -0.120. The van der Waals surface area contributed by atoms with Crippen LogP contribution >= 0.6 is 0 Å². The summed E-state index contributed by atoms with van der Waals surface area (Å²) in [6.07, 6.45) is 4.34. The summed E-state index contributed by atoms with van der Waals surface area (Å²) in [5.41, 5.74) is 2.18. The van der Waals surface area contributed by atoms with Crippen LogP contribution in [-0.4, -0.2) is 24.5 Å². The van der Waals surface area contributed by atoms with Crippen LogP contribution in [0, 0.1) is 5.92 Å². The van der Waals surface area contributed by atoms with E-state index in [-0.39, 0.29) is 11.8 Å². The number of rotatable bonds is 9. The number of anilines is 2. The van der Waals surface area contributed by atoms with Crippen LogP contribution in [0.5, 0.6) is 5.75 Å². The normalized spacial score (nSPS) is 10.6. The first kappa shape index (κ1) is 18.8. The molecule has 0 saturated carbocycles. The van der Waals surface area contributed by atoms with Crippen molar-refractivity contribution in [1.82, 2.24) is 4.98 Å². The van der Waals surface area contributed by atoms with Gasteiger partial charge in [-0.3, -0.25) is 4.79 Å². The summed E-state index contributed by atoms with van der Waals surface area (Å²) in [6.45, 7) is 4.86. The van der Waals surface area contributed by atoms with Gasteiger partial charge in [-0.2, -0.15) is 0 Å². The zero-order chi connectivity index (χ0) is 18.1. The van der Waals surface area contributed by atoms with Gasteiger partial charge in [0.05, 0.1) is 19.0 Å². The number of carbonyl (C=O) groups is 1. The average molecular weight is 341 g/mol. The van der Waals surface area contributed by atoms with Crippen molar-refractivity contribution in [2.45, 2.75) is 33.1 Å². The minimum Gasteiger partial charge on any atom is -0.497 e. The fourth-order valence-corrected chi connectivity index (χ4v) is 2.60. The van der Waals surface area contributed by atoms with Crippen LogP contribution in [0.1, 0.15) is 32.3 Å². The maximum Gasteiger partial charge on any atom is 0.228 e. The molecule has 25 heavy (non-hydrogen) atoms. The number of amides is 1. The average Bonchev–Trinajstić information content (AvgIpc) is 2.65. The molecule has 0 bridgehead atoms. The second-order valence-corrected chi connectivity index (χ2v) is 5.96. The zero-order valence-electron chi connectivity index (χ0n) is 15.2. The standard InChI is InChI=1S/C20H27N3O2/c1-4-16(5-2)20(24)23-19-11-8-17(14-22-19)21-13-12-15-6-9-18(25-3)10-7-15/h6-11,14,16,21H,4-5,12-13H2,1-3H3,(H,22,23,24). The van der Waals surface area contributed by atoms with E-state index in [0.29, 0.717) is 5.82 Å². The highest BCUT2D eigenvalue weighted by molar-refractivity contribution is 5.91.